The highest BCUT2D eigenvalue weighted by molar-refractivity contribution is 7.89. The van der Waals surface area contributed by atoms with Crippen molar-refractivity contribution in [3.05, 3.63) is 18.2 Å². The van der Waals surface area contributed by atoms with E-state index in [0.29, 0.717) is 19.4 Å². The average Bonchev–Trinajstić information content (AvgIpc) is 2.32. The van der Waals surface area contributed by atoms with Crippen LogP contribution in [0.1, 0.15) is 12.8 Å². The van der Waals surface area contributed by atoms with E-state index in [1.807, 2.05) is 0 Å². The van der Waals surface area contributed by atoms with Crippen LogP contribution >= 0.6 is 0 Å². The summed E-state index contributed by atoms with van der Waals surface area (Å²) >= 11 is 0. The molecule has 1 aliphatic rings. The maximum absolute atomic E-state index is 12.3. The number of nitrogen functional groups attached to an aromatic ring is 1. The second kappa shape index (κ2) is 4.75. The highest BCUT2D eigenvalue weighted by Gasteiger charge is 2.29. The van der Waals surface area contributed by atoms with Crippen LogP contribution in [0.25, 0.3) is 0 Å². The molecule has 7 heteroatoms. The van der Waals surface area contributed by atoms with Gasteiger partial charge in [-0.25, -0.2) is 8.42 Å². The van der Waals surface area contributed by atoms with Crippen molar-refractivity contribution in [3.8, 4) is 5.75 Å². The first-order valence-corrected chi connectivity index (χ1v) is 7.12. The quantitative estimate of drug-likeness (QED) is 0.524. The first-order valence-electron chi connectivity index (χ1n) is 5.68. The molecule has 0 saturated carbocycles. The number of phenolic OH excluding ortho intramolecular Hbond substituents is 1. The van der Waals surface area contributed by atoms with E-state index < -0.39 is 16.1 Å². The van der Waals surface area contributed by atoms with E-state index in [-0.39, 0.29) is 22.9 Å². The van der Waals surface area contributed by atoms with Gasteiger partial charge < -0.3 is 15.9 Å². The summed E-state index contributed by atoms with van der Waals surface area (Å²) in [6.45, 7) is 0.489. The molecule has 1 fully saturated rings. The van der Waals surface area contributed by atoms with Crippen molar-refractivity contribution < 1.29 is 18.6 Å². The Morgan fingerprint density at radius 3 is 2.72 bits per heavy atom. The fraction of sp³-hybridized carbons (Fsp3) is 0.455. The molecule has 4 N–H and O–H groups in total. The highest BCUT2D eigenvalue weighted by atomic mass is 32.2. The summed E-state index contributed by atoms with van der Waals surface area (Å²) in [6.07, 6.45) is 0.625. The molecule has 1 unspecified atom stereocenters. The van der Waals surface area contributed by atoms with Gasteiger partial charge in [-0.1, -0.05) is 0 Å². The lowest BCUT2D eigenvalue weighted by Crippen LogP contribution is -2.42. The van der Waals surface area contributed by atoms with Crippen molar-refractivity contribution in [2.45, 2.75) is 23.8 Å². The van der Waals surface area contributed by atoms with Crippen LogP contribution in [-0.4, -0.2) is 42.1 Å². The number of benzene rings is 1. The molecule has 1 aromatic rings. The fourth-order valence-corrected chi connectivity index (χ4v) is 3.53. The van der Waals surface area contributed by atoms with Crippen molar-refractivity contribution in [1.82, 2.24) is 4.31 Å². The molecule has 0 radical (unpaired) electrons. The predicted molar refractivity (Wildman–Crippen MR) is 66.5 cm³/mol. The van der Waals surface area contributed by atoms with Crippen LogP contribution in [0.4, 0.5) is 5.69 Å². The molecular weight excluding hydrogens is 256 g/mol. The third-order valence-corrected chi connectivity index (χ3v) is 4.86. The SMILES string of the molecule is Nc1cc(S(=O)(=O)N2CCCC(O)C2)ccc1O. The second-order valence-corrected chi connectivity index (χ2v) is 6.32. The van der Waals surface area contributed by atoms with Crippen molar-refractivity contribution in [2.75, 3.05) is 18.8 Å². The van der Waals surface area contributed by atoms with Crippen LogP contribution in [0.3, 0.4) is 0 Å². The Morgan fingerprint density at radius 1 is 1.39 bits per heavy atom. The maximum atomic E-state index is 12.3. The normalized spacial score (nSPS) is 21.9. The van der Waals surface area contributed by atoms with Gasteiger partial charge in [-0.05, 0) is 31.0 Å². The largest absolute Gasteiger partial charge is 0.506 e. The number of hydrogen-bond donors (Lipinski definition) is 3. The summed E-state index contributed by atoms with van der Waals surface area (Å²) in [7, 11) is -3.65. The molecule has 1 aromatic carbocycles. The lowest BCUT2D eigenvalue weighted by Gasteiger charge is -2.29. The van der Waals surface area contributed by atoms with E-state index in [1.54, 1.807) is 0 Å². The molecule has 0 aliphatic carbocycles. The fourth-order valence-electron chi connectivity index (χ4n) is 1.98. The second-order valence-electron chi connectivity index (χ2n) is 4.38. The van der Waals surface area contributed by atoms with Gasteiger partial charge in [0.1, 0.15) is 5.75 Å². The van der Waals surface area contributed by atoms with Gasteiger partial charge >= 0.3 is 0 Å². The standard InChI is InChI=1S/C11H16N2O4S/c12-10-6-9(3-4-11(10)15)18(16,17)13-5-1-2-8(14)7-13/h3-4,6,8,14-15H,1-2,5,7,12H2. The lowest BCUT2D eigenvalue weighted by atomic mass is 10.1. The van der Waals surface area contributed by atoms with E-state index in [2.05, 4.69) is 0 Å². The third-order valence-electron chi connectivity index (χ3n) is 3.00. The number of piperidine rings is 1. The van der Waals surface area contributed by atoms with E-state index in [9.17, 15) is 18.6 Å². The number of rotatable bonds is 2. The molecule has 18 heavy (non-hydrogen) atoms. The number of hydrogen-bond acceptors (Lipinski definition) is 5. The molecule has 1 heterocycles. The van der Waals surface area contributed by atoms with E-state index in [1.165, 1.54) is 22.5 Å². The van der Waals surface area contributed by atoms with E-state index in [0.717, 1.165) is 0 Å². The minimum Gasteiger partial charge on any atom is -0.506 e. The Bertz CT molecular complexity index is 544. The van der Waals surface area contributed by atoms with Crippen LogP contribution in [-0.2, 0) is 10.0 Å². The summed E-state index contributed by atoms with van der Waals surface area (Å²) in [6, 6.07) is 3.79. The number of aliphatic hydroxyl groups is 1. The van der Waals surface area contributed by atoms with Crippen LogP contribution < -0.4 is 5.73 Å². The zero-order chi connectivity index (χ0) is 13.3. The maximum Gasteiger partial charge on any atom is 0.243 e. The Kier molecular flexibility index (Phi) is 3.47. The first kappa shape index (κ1) is 13.1. The molecule has 1 atom stereocenters. The first-order chi connectivity index (χ1) is 8.41. The summed E-state index contributed by atoms with van der Waals surface area (Å²) in [4.78, 5) is 0.0342. The molecule has 100 valence electrons. The van der Waals surface area contributed by atoms with Crippen LogP contribution in [0.15, 0.2) is 23.1 Å². The molecule has 1 saturated heterocycles. The Balaban J connectivity index is 2.32. The zero-order valence-electron chi connectivity index (χ0n) is 9.78. The summed E-state index contributed by atoms with van der Waals surface area (Å²) in [5, 5.41) is 18.8. The number of aliphatic hydroxyl groups excluding tert-OH is 1. The van der Waals surface area contributed by atoms with Gasteiger partial charge in [-0.2, -0.15) is 4.31 Å². The van der Waals surface area contributed by atoms with Gasteiger partial charge in [0.2, 0.25) is 10.0 Å². The van der Waals surface area contributed by atoms with Crippen LogP contribution in [0.5, 0.6) is 5.75 Å². The Labute approximate surface area is 106 Å². The summed E-state index contributed by atoms with van der Waals surface area (Å²) in [5.41, 5.74) is 5.51. The molecule has 0 spiro atoms. The van der Waals surface area contributed by atoms with Crippen molar-refractivity contribution >= 4 is 15.7 Å². The van der Waals surface area contributed by atoms with Crippen molar-refractivity contribution in [3.63, 3.8) is 0 Å². The number of phenols is 1. The molecule has 1 aliphatic heterocycles. The van der Waals surface area contributed by atoms with Crippen molar-refractivity contribution in [1.29, 1.82) is 0 Å². The monoisotopic (exact) mass is 272 g/mol. The van der Waals surface area contributed by atoms with E-state index >= 15 is 0 Å². The highest BCUT2D eigenvalue weighted by Crippen LogP contribution is 2.26. The number of sulfonamides is 1. The molecule has 2 rings (SSSR count). The van der Waals surface area contributed by atoms with Gasteiger partial charge in [0.25, 0.3) is 0 Å². The molecule has 0 amide bonds. The molecule has 0 aromatic heterocycles. The third kappa shape index (κ3) is 2.43. The molecular formula is C11H16N2O4S. The lowest BCUT2D eigenvalue weighted by molar-refractivity contribution is 0.108. The van der Waals surface area contributed by atoms with Crippen molar-refractivity contribution in [2.24, 2.45) is 0 Å². The topological polar surface area (TPSA) is 104 Å². The molecule has 6 nitrogen and oxygen atoms in total. The van der Waals surface area contributed by atoms with Gasteiger partial charge in [0, 0.05) is 13.1 Å². The number of anilines is 1. The summed E-state index contributed by atoms with van der Waals surface area (Å²) in [5.74, 6) is -0.146. The predicted octanol–water partition coefficient (Wildman–Crippen LogP) is 0.120. The van der Waals surface area contributed by atoms with Gasteiger partial charge in [-0.3, -0.25) is 0 Å². The number of aromatic hydroxyl groups is 1. The van der Waals surface area contributed by atoms with Crippen LogP contribution in [0.2, 0.25) is 0 Å². The van der Waals surface area contributed by atoms with Crippen LogP contribution in [0, 0.1) is 0 Å². The average molecular weight is 272 g/mol. The molecule has 0 bridgehead atoms. The van der Waals surface area contributed by atoms with Gasteiger partial charge in [0.05, 0.1) is 16.7 Å². The number of nitrogens with zero attached hydrogens (tertiary/aromatic N) is 1. The summed E-state index contributed by atoms with van der Waals surface area (Å²) < 4.78 is 25.8. The number of β-amino-alcohol motifs (C(OH)–C–C–N with tert-alkyl or cyclic N) is 1. The minimum atomic E-state index is -3.65. The van der Waals surface area contributed by atoms with Gasteiger partial charge in [0.15, 0.2) is 0 Å². The Morgan fingerprint density at radius 2 is 2.11 bits per heavy atom. The zero-order valence-corrected chi connectivity index (χ0v) is 10.6. The van der Waals surface area contributed by atoms with E-state index in [4.69, 9.17) is 5.73 Å². The number of nitrogens with two attached hydrogens (primary N) is 1. The Hall–Kier alpha value is -1.31. The smallest absolute Gasteiger partial charge is 0.243 e. The minimum absolute atomic E-state index is 0.0219. The van der Waals surface area contributed by atoms with Gasteiger partial charge in [-0.15, -0.1) is 0 Å².